The molecular weight excluding hydrogens is 318 g/mol. The van der Waals surface area contributed by atoms with Crippen LogP contribution in [-0.4, -0.2) is 30.6 Å². The van der Waals surface area contributed by atoms with E-state index < -0.39 is 0 Å². The zero-order valence-electron chi connectivity index (χ0n) is 12.5. The molecule has 0 aliphatic carbocycles. The Balaban J connectivity index is 1.66. The minimum atomic E-state index is -0.389. The topological polar surface area (TPSA) is 41.5 Å². The summed E-state index contributed by atoms with van der Waals surface area (Å²) in [6, 6.07) is 15.5. The van der Waals surface area contributed by atoms with Gasteiger partial charge in [0.25, 0.3) is 0 Å². The lowest BCUT2D eigenvalue weighted by atomic mass is 10.2. The summed E-state index contributed by atoms with van der Waals surface area (Å²) in [7, 11) is 1.65. The van der Waals surface area contributed by atoms with Crippen molar-refractivity contribution in [2.75, 3.05) is 19.4 Å². The van der Waals surface area contributed by atoms with Crippen LogP contribution in [0.2, 0.25) is 5.02 Å². The predicted molar refractivity (Wildman–Crippen MR) is 92.9 cm³/mol. The molecule has 1 atom stereocenters. The van der Waals surface area contributed by atoms with E-state index in [9.17, 15) is 5.11 Å². The number of aliphatic hydroxyl groups is 1. The van der Waals surface area contributed by atoms with Gasteiger partial charge in [-0.3, -0.25) is 0 Å². The lowest BCUT2D eigenvalue weighted by Gasteiger charge is -2.12. The molecule has 5 heteroatoms. The van der Waals surface area contributed by atoms with Crippen LogP contribution in [0, 0.1) is 0 Å². The molecule has 0 spiro atoms. The zero-order valence-corrected chi connectivity index (χ0v) is 14.0. The molecule has 0 unspecified atom stereocenters. The van der Waals surface area contributed by atoms with Crippen molar-refractivity contribution in [1.82, 2.24) is 5.32 Å². The second-order valence-corrected chi connectivity index (χ2v) is 6.43. The highest BCUT2D eigenvalue weighted by Crippen LogP contribution is 2.21. The van der Waals surface area contributed by atoms with Gasteiger partial charge in [-0.05, 0) is 42.0 Å². The largest absolute Gasteiger partial charge is 0.497 e. The maximum atomic E-state index is 10.0. The minimum absolute atomic E-state index is 0.389. The van der Waals surface area contributed by atoms with Crippen LogP contribution in [-0.2, 0) is 6.54 Å². The Labute approximate surface area is 140 Å². The molecule has 2 rings (SSSR count). The first kappa shape index (κ1) is 17.2. The van der Waals surface area contributed by atoms with E-state index in [2.05, 4.69) is 5.32 Å². The molecule has 0 amide bonds. The van der Waals surface area contributed by atoms with Crippen molar-refractivity contribution in [3.63, 3.8) is 0 Å². The van der Waals surface area contributed by atoms with Gasteiger partial charge in [-0.2, -0.15) is 0 Å². The molecule has 2 aromatic rings. The van der Waals surface area contributed by atoms with Crippen molar-refractivity contribution in [3.05, 3.63) is 59.1 Å². The molecule has 0 aromatic heterocycles. The van der Waals surface area contributed by atoms with Crippen LogP contribution >= 0.6 is 23.4 Å². The molecule has 22 heavy (non-hydrogen) atoms. The van der Waals surface area contributed by atoms with Gasteiger partial charge in [-0.1, -0.05) is 23.7 Å². The van der Waals surface area contributed by atoms with Gasteiger partial charge in [-0.25, -0.2) is 0 Å². The maximum Gasteiger partial charge on any atom is 0.118 e. The number of aliphatic hydroxyl groups excluding tert-OH is 1. The third-order valence-electron chi connectivity index (χ3n) is 3.12. The molecule has 0 bridgehead atoms. The number of methoxy groups -OCH3 is 1. The summed E-state index contributed by atoms with van der Waals surface area (Å²) in [6.07, 6.45) is -0.389. The second kappa shape index (κ2) is 9.06. The van der Waals surface area contributed by atoms with E-state index in [0.717, 1.165) is 27.8 Å². The zero-order chi connectivity index (χ0) is 15.8. The summed E-state index contributed by atoms with van der Waals surface area (Å²) >= 11 is 7.48. The summed E-state index contributed by atoms with van der Waals surface area (Å²) < 4.78 is 5.12. The van der Waals surface area contributed by atoms with E-state index in [1.165, 1.54) is 0 Å². The van der Waals surface area contributed by atoms with Crippen LogP contribution in [0.1, 0.15) is 5.56 Å². The first-order valence-electron chi connectivity index (χ1n) is 7.07. The van der Waals surface area contributed by atoms with Crippen molar-refractivity contribution >= 4 is 23.4 Å². The number of halogens is 1. The highest BCUT2D eigenvalue weighted by Gasteiger charge is 2.05. The van der Waals surface area contributed by atoms with Crippen molar-refractivity contribution < 1.29 is 9.84 Å². The lowest BCUT2D eigenvalue weighted by Crippen LogP contribution is -2.28. The Kier molecular flexibility index (Phi) is 7.06. The van der Waals surface area contributed by atoms with Crippen molar-refractivity contribution in [2.24, 2.45) is 0 Å². The van der Waals surface area contributed by atoms with E-state index in [4.69, 9.17) is 16.3 Å². The van der Waals surface area contributed by atoms with Gasteiger partial charge >= 0.3 is 0 Å². The van der Waals surface area contributed by atoms with Crippen LogP contribution in [0.4, 0.5) is 0 Å². The Morgan fingerprint density at radius 3 is 2.45 bits per heavy atom. The molecule has 0 radical (unpaired) electrons. The number of rotatable bonds is 8. The molecule has 3 nitrogen and oxygen atoms in total. The van der Waals surface area contributed by atoms with Gasteiger partial charge in [0.1, 0.15) is 5.75 Å². The molecule has 2 aromatic carbocycles. The summed E-state index contributed by atoms with van der Waals surface area (Å²) in [6.45, 7) is 1.28. The number of nitrogens with one attached hydrogen (secondary N) is 1. The van der Waals surface area contributed by atoms with E-state index in [-0.39, 0.29) is 6.10 Å². The first-order chi connectivity index (χ1) is 10.7. The Morgan fingerprint density at radius 1 is 1.14 bits per heavy atom. The molecule has 0 saturated heterocycles. The Bertz CT molecular complexity index is 560. The summed E-state index contributed by atoms with van der Waals surface area (Å²) in [5, 5.41) is 14.0. The lowest BCUT2D eigenvalue weighted by molar-refractivity contribution is 0.195. The molecule has 0 saturated carbocycles. The maximum absolute atomic E-state index is 10.0. The molecule has 2 N–H and O–H groups in total. The standard InChI is InChI=1S/C17H20ClNO2S/c1-21-16-6-8-17(9-7-16)22-12-15(20)11-19-10-13-2-4-14(18)5-3-13/h2-9,15,19-20H,10-12H2,1H3/t15-/m1/s1. The van der Waals surface area contributed by atoms with Crippen molar-refractivity contribution in [1.29, 1.82) is 0 Å². The molecule has 0 fully saturated rings. The molecule has 0 aliphatic heterocycles. The van der Waals surface area contributed by atoms with Crippen LogP contribution in [0.15, 0.2) is 53.4 Å². The Morgan fingerprint density at radius 2 is 1.82 bits per heavy atom. The van der Waals surface area contributed by atoms with E-state index in [1.807, 2.05) is 48.5 Å². The van der Waals surface area contributed by atoms with Gasteiger partial charge in [-0.15, -0.1) is 11.8 Å². The van der Waals surface area contributed by atoms with Gasteiger partial charge < -0.3 is 15.2 Å². The average molecular weight is 338 g/mol. The SMILES string of the molecule is COc1ccc(SC[C@H](O)CNCc2ccc(Cl)cc2)cc1. The quantitative estimate of drug-likeness (QED) is 0.722. The van der Waals surface area contributed by atoms with E-state index in [1.54, 1.807) is 18.9 Å². The number of hydrogen-bond acceptors (Lipinski definition) is 4. The van der Waals surface area contributed by atoms with Crippen molar-refractivity contribution in [3.8, 4) is 5.75 Å². The normalized spacial score (nSPS) is 12.1. The molecular formula is C17H20ClNO2S. The highest BCUT2D eigenvalue weighted by molar-refractivity contribution is 7.99. The smallest absolute Gasteiger partial charge is 0.118 e. The van der Waals surface area contributed by atoms with Crippen LogP contribution in [0.25, 0.3) is 0 Å². The van der Waals surface area contributed by atoms with Gasteiger partial charge in [0.05, 0.1) is 13.2 Å². The monoisotopic (exact) mass is 337 g/mol. The third kappa shape index (κ3) is 5.89. The average Bonchev–Trinajstić information content (AvgIpc) is 2.55. The minimum Gasteiger partial charge on any atom is -0.497 e. The fraction of sp³-hybridized carbons (Fsp3) is 0.294. The number of hydrogen-bond donors (Lipinski definition) is 2. The van der Waals surface area contributed by atoms with E-state index >= 15 is 0 Å². The predicted octanol–water partition coefficient (Wildman–Crippen LogP) is 3.59. The molecule has 118 valence electrons. The van der Waals surface area contributed by atoms with Crippen molar-refractivity contribution in [2.45, 2.75) is 17.5 Å². The van der Waals surface area contributed by atoms with Crippen LogP contribution in [0.5, 0.6) is 5.75 Å². The summed E-state index contributed by atoms with van der Waals surface area (Å²) in [4.78, 5) is 1.12. The fourth-order valence-electron chi connectivity index (χ4n) is 1.91. The number of thioether (sulfide) groups is 1. The van der Waals surface area contributed by atoms with Gasteiger partial charge in [0.2, 0.25) is 0 Å². The summed E-state index contributed by atoms with van der Waals surface area (Å²) in [5.41, 5.74) is 1.15. The van der Waals surface area contributed by atoms with Gasteiger partial charge in [0.15, 0.2) is 0 Å². The highest BCUT2D eigenvalue weighted by atomic mass is 35.5. The molecule has 0 heterocycles. The van der Waals surface area contributed by atoms with Crippen LogP contribution < -0.4 is 10.1 Å². The number of benzene rings is 2. The molecule has 0 aliphatic rings. The number of ether oxygens (including phenoxy) is 1. The summed E-state index contributed by atoms with van der Waals surface area (Å²) in [5.74, 6) is 1.49. The third-order valence-corrected chi connectivity index (χ3v) is 4.53. The van der Waals surface area contributed by atoms with E-state index in [0.29, 0.717) is 12.3 Å². The van der Waals surface area contributed by atoms with Crippen LogP contribution in [0.3, 0.4) is 0 Å². The van der Waals surface area contributed by atoms with Gasteiger partial charge in [0, 0.05) is 28.8 Å². The second-order valence-electron chi connectivity index (χ2n) is 4.90. The fourth-order valence-corrected chi connectivity index (χ4v) is 2.87. The Hall–Kier alpha value is -1.20. The first-order valence-corrected chi connectivity index (χ1v) is 8.44.